The molecule has 3 aromatic heterocycles. The van der Waals surface area contributed by atoms with E-state index in [2.05, 4.69) is 50.7 Å². The molecule has 0 unspecified atom stereocenters. The molecule has 0 saturated heterocycles. The summed E-state index contributed by atoms with van der Waals surface area (Å²) in [6.07, 6.45) is 3.84. The quantitative estimate of drug-likeness (QED) is 0.554. The van der Waals surface area contributed by atoms with Gasteiger partial charge in [-0.25, -0.2) is 4.98 Å². The summed E-state index contributed by atoms with van der Waals surface area (Å²) >= 11 is 0. The highest BCUT2D eigenvalue weighted by atomic mass is 35.5. The molecule has 9 heteroatoms. The summed E-state index contributed by atoms with van der Waals surface area (Å²) in [4.78, 5) is 4.56. The Morgan fingerprint density at radius 2 is 2.00 bits per heavy atom. The predicted molar refractivity (Wildman–Crippen MR) is 114 cm³/mol. The van der Waals surface area contributed by atoms with Crippen molar-refractivity contribution in [3.05, 3.63) is 53.6 Å². The Balaban J connectivity index is 0.00000112. The maximum absolute atomic E-state index is 4.74. The molecule has 1 aromatic carbocycles. The second-order valence-electron chi connectivity index (χ2n) is 6.89. The highest BCUT2D eigenvalue weighted by Gasteiger charge is 2.17. The minimum atomic E-state index is 0. The van der Waals surface area contributed by atoms with E-state index in [1.165, 1.54) is 16.6 Å². The predicted octanol–water partition coefficient (Wildman–Crippen LogP) is 2.94. The normalized spacial score (nSPS) is 13.1. The van der Waals surface area contributed by atoms with Crippen molar-refractivity contribution in [3.63, 3.8) is 0 Å². The van der Waals surface area contributed by atoms with Gasteiger partial charge in [0.2, 0.25) is 0 Å². The molecular formula is C19H23Cl2N7. The molecule has 5 rings (SSSR count). The van der Waals surface area contributed by atoms with Crippen molar-refractivity contribution in [2.24, 2.45) is 7.05 Å². The Kier molecular flexibility index (Phi) is 5.79. The standard InChI is InChI=1S/C19H21N7.2ClH/c1-13-3-4-18-15(9-13)17(22-24(18)2)12-25-7-6-21-19(25)16-10-14-11-20-5-8-26(14)23-16;;/h3-4,6-7,9-10,20H,5,8,11-12H2,1-2H3;2*1H. The lowest BCUT2D eigenvalue weighted by Crippen LogP contribution is -2.28. The Morgan fingerprint density at radius 3 is 2.82 bits per heavy atom. The van der Waals surface area contributed by atoms with Crippen molar-refractivity contribution in [2.75, 3.05) is 6.54 Å². The van der Waals surface area contributed by atoms with Crippen LogP contribution in [0.5, 0.6) is 0 Å². The summed E-state index contributed by atoms with van der Waals surface area (Å²) < 4.78 is 6.15. The zero-order chi connectivity index (χ0) is 17.7. The van der Waals surface area contributed by atoms with Gasteiger partial charge in [0.15, 0.2) is 5.82 Å². The van der Waals surface area contributed by atoms with Crippen LogP contribution in [0.15, 0.2) is 36.7 Å². The van der Waals surface area contributed by atoms with Gasteiger partial charge in [0.1, 0.15) is 5.69 Å². The molecule has 0 spiro atoms. The van der Waals surface area contributed by atoms with Gasteiger partial charge < -0.3 is 9.88 Å². The van der Waals surface area contributed by atoms with Crippen LogP contribution in [0, 0.1) is 6.92 Å². The number of halogens is 2. The average molecular weight is 420 g/mol. The Labute approximate surface area is 175 Å². The van der Waals surface area contributed by atoms with Crippen molar-refractivity contribution >= 4 is 35.7 Å². The van der Waals surface area contributed by atoms with Crippen LogP contribution >= 0.6 is 24.8 Å². The Bertz CT molecular complexity index is 1090. The third-order valence-corrected chi connectivity index (χ3v) is 5.02. The number of aromatic nitrogens is 6. The van der Waals surface area contributed by atoms with Gasteiger partial charge in [-0.05, 0) is 25.1 Å². The van der Waals surface area contributed by atoms with E-state index in [0.29, 0.717) is 6.54 Å². The van der Waals surface area contributed by atoms with Crippen molar-refractivity contribution in [3.8, 4) is 11.5 Å². The van der Waals surface area contributed by atoms with E-state index >= 15 is 0 Å². The first-order chi connectivity index (χ1) is 12.7. The summed E-state index contributed by atoms with van der Waals surface area (Å²) in [5.74, 6) is 0.887. The van der Waals surface area contributed by atoms with Crippen molar-refractivity contribution < 1.29 is 0 Å². The van der Waals surface area contributed by atoms with Crippen molar-refractivity contribution in [1.82, 2.24) is 34.4 Å². The van der Waals surface area contributed by atoms with E-state index in [0.717, 1.165) is 42.4 Å². The lowest BCUT2D eigenvalue weighted by atomic mass is 10.1. The monoisotopic (exact) mass is 419 g/mol. The van der Waals surface area contributed by atoms with Crippen LogP contribution in [0.2, 0.25) is 0 Å². The Morgan fingerprint density at radius 1 is 1.14 bits per heavy atom. The number of nitrogens with one attached hydrogen (secondary N) is 1. The second kappa shape index (κ2) is 7.95. The first kappa shape index (κ1) is 20.4. The van der Waals surface area contributed by atoms with E-state index in [-0.39, 0.29) is 24.8 Å². The van der Waals surface area contributed by atoms with Crippen molar-refractivity contribution in [1.29, 1.82) is 0 Å². The molecule has 7 nitrogen and oxygen atoms in total. The number of imidazole rings is 1. The zero-order valence-corrected chi connectivity index (χ0v) is 17.4. The lowest BCUT2D eigenvalue weighted by molar-refractivity contribution is 0.476. The van der Waals surface area contributed by atoms with E-state index in [1.54, 1.807) is 0 Å². The van der Waals surface area contributed by atoms with E-state index in [1.807, 2.05) is 24.1 Å². The van der Waals surface area contributed by atoms with Crippen molar-refractivity contribution in [2.45, 2.75) is 26.6 Å². The maximum Gasteiger partial charge on any atom is 0.160 e. The smallest absolute Gasteiger partial charge is 0.160 e. The molecule has 0 aliphatic carbocycles. The average Bonchev–Trinajstić information content (AvgIpc) is 3.33. The van der Waals surface area contributed by atoms with Gasteiger partial charge in [-0.15, -0.1) is 24.8 Å². The fraction of sp³-hybridized carbons (Fsp3) is 0.316. The molecular weight excluding hydrogens is 397 g/mol. The van der Waals surface area contributed by atoms with Crippen LogP contribution in [0.25, 0.3) is 22.4 Å². The highest BCUT2D eigenvalue weighted by molar-refractivity contribution is 5.85. The van der Waals surface area contributed by atoms with E-state index in [4.69, 9.17) is 10.2 Å². The molecule has 0 saturated carbocycles. The van der Waals surface area contributed by atoms with Gasteiger partial charge in [-0.3, -0.25) is 9.36 Å². The SMILES string of the molecule is Cc1ccc2c(c1)c(Cn1ccnc1-c1cc3n(n1)CCNC3)nn2C.Cl.Cl. The number of aryl methyl sites for hydroxylation is 2. The van der Waals surface area contributed by atoms with Crippen LogP contribution in [-0.2, 0) is 26.7 Å². The summed E-state index contributed by atoms with van der Waals surface area (Å²) in [5.41, 5.74) is 5.57. The first-order valence-corrected chi connectivity index (χ1v) is 8.90. The number of hydrogen-bond acceptors (Lipinski definition) is 4. The summed E-state index contributed by atoms with van der Waals surface area (Å²) in [5, 5.41) is 14.1. The summed E-state index contributed by atoms with van der Waals surface area (Å²) in [6.45, 7) is 5.51. The van der Waals surface area contributed by atoms with E-state index < -0.39 is 0 Å². The molecule has 4 heterocycles. The summed E-state index contributed by atoms with van der Waals surface area (Å²) in [7, 11) is 1.99. The minimum absolute atomic E-state index is 0. The number of hydrogen-bond donors (Lipinski definition) is 1. The maximum atomic E-state index is 4.74. The van der Waals surface area contributed by atoms with Gasteiger partial charge in [0, 0.05) is 37.9 Å². The third kappa shape index (κ3) is 3.41. The Hall–Kier alpha value is -2.35. The molecule has 0 radical (unpaired) electrons. The number of fused-ring (bicyclic) bond motifs is 2. The molecule has 1 N–H and O–H groups in total. The molecule has 0 atom stereocenters. The molecule has 1 aliphatic rings. The molecule has 28 heavy (non-hydrogen) atoms. The van der Waals surface area contributed by atoms with E-state index in [9.17, 15) is 0 Å². The minimum Gasteiger partial charge on any atom is -0.324 e. The molecule has 1 aliphatic heterocycles. The summed E-state index contributed by atoms with van der Waals surface area (Å²) in [6, 6.07) is 8.59. The lowest BCUT2D eigenvalue weighted by Gasteiger charge is -2.13. The number of nitrogens with zero attached hydrogens (tertiary/aromatic N) is 6. The van der Waals surface area contributed by atoms with Gasteiger partial charge in [-0.2, -0.15) is 10.2 Å². The molecule has 148 valence electrons. The molecule has 0 fully saturated rings. The topological polar surface area (TPSA) is 65.5 Å². The van der Waals surface area contributed by atoms with Gasteiger partial charge in [0.05, 0.1) is 30.0 Å². The number of benzene rings is 1. The van der Waals surface area contributed by atoms with Gasteiger partial charge in [-0.1, -0.05) is 11.6 Å². The van der Waals surface area contributed by atoms with Crippen LogP contribution in [0.1, 0.15) is 17.0 Å². The number of rotatable bonds is 3. The molecule has 4 aromatic rings. The third-order valence-electron chi connectivity index (χ3n) is 5.02. The molecule has 0 amide bonds. The van der Waals surface area contributed by atoms with Crippen LogP contribution in [0.4, 0.5) is 0 Å². The van der Waals surface area contributed by atoms with Crippen LogP contribution in [-0.4, -0.2) is 35.7 Å². The second-order valence-corrected chi connectivity index (χ2v) is 6.89. The molecule has 0 bridgehead atoms. The van der Waals surface area contributed by atoms with Crippen LogP contribution in [0.3, 0.4) is 0 Å². The van der Waals surface area contributed by atoms with Gasteiger partial charge >= 0.3 is 0 Å². The fourth-order valence-electron chi connectivity index (χ4n) is 3.70. The highest BCUT2D eigenvalue weighted by Crippen LogP contribution is 2.23. The largest absolute Gasteiger partial charge is 0.324 e. The zero-order valence-electron chi connectivity index (χ0n) is 15.8. The first-order valence-electron chi connectivity index (χ1n) is 8.90. The fourth-order valence-corrected chi connectivity index (χ4v) is 3.70. The van der Waals surface area contributed by atoms with Gasteiger partial charge in [0.25, 0.3) is 0 Å². The van der Waals surface area contributed by atoms with Crippen LogP contribution < -0.4 is 5.32 Å².